The first-order valence-electron chi connectivity index (χ1n) is 6.82. The minimum atomic E-state index is 0.208. The van der Waals surface area contributed by atoms with Gasteiger partial charge in [-0.15, -0.1) is 0 Å². The number of aliphatic hydroxyl groups is 1. The molecule has 1 saturated carbocycles. The third-order valence-corrected chi connectivity index (χ3v) is 4.00. The van der Waals surface area contributed by atoms with Crippen molar-refractivity contribution in [2.75, 3.05) is 6.61 Å². The Kier molecular flexibility index (Phi) is 3.88. The zero-order valence-electron chi connectivity index (χ0n) is 11.1. The second kappa shape index (κ2) is 5.22. The van der Waals surface area contributed by atoms with Crippen molar-refractivity contribution in [1.29, 1.82) is 0 Å². The van der Waals surface area contributed by atoms with Crippen LogP contribution in [-0.4, -0.2) is 11.7 Å². The van der Waals surface area contributed by atoms with Crippen molar-refractivity contribution in [2.24, 2.45) is 11.3 Å². The van der Waals surface area contributed by atoms with Crippen molar-refractivity contribution in [1.82, 2.24) is 0 Å². The molecule has 1 aromatic rings. The third kappa shape index (κ3) is 3.10. The Morgan fingerprint density at radius 3 is 2.12 bits per heavy atom. The number of rotatable bonds is 5. The molecule has 1 aromatic carbocycles. The molecule has 1 N–H and O–H groups in total. The molecule has 0 aromatic heterocycles. The van der Waals surface area contributed by atoms with Crippen molar-refractivity contribution >= 4 is 0 Å². The molecule has 1 nitrogen and oxygen atoms in total. The van der Waals surface area contributed by atoms with Gasteiger partial charge in [0.2, 0.25) is 0 Å². The van der Waals surface area contributed by atoms with Gasteiger partial charge in [-0.1, -0.05) is 44.5 Å². The number of benzene rings is 1. The molecular formula is C16H24O. The largest absolute Gasteiger partial charge is 0.396 e. The summed E-state index contributed by atoms with van der Waals surface area (Å²) in [7, 11) is 0. The second-order valence-corrected chi connectivity index (χ2v) is 6.10. The lowest BCUT2D eigenvalue weighted by Crippen LogP contribution is -2.35. The van der Waals surface area contributed by atoms with Crippen LogP contribution in [0.15, 0.2) is 24.3 Å². The lowest BCUT2D eigenvalue weighted by Gasteiger charge is -2.40. The van der Waals surface area contributed by atoms with Crippen LogP contribution < -0.4 is 0 Å². The van der Waals surface area contributed by atoms with Gasteiger partial charge in [0.05, 0.1) is 0 Å². The van der Waals surface area contributed by atoms with Gasteiger partial charge in [0.25, 0.3) is 0 Å². The molecule has 1 aliphatic rings. The summed E-state index contributed by atoms with van der Waals surface area (Å²) in [6, 6.07) is 8.99. The van der Waals surface area contributed by atoms with Gasteiger partial charge in [0.15, 0.2) is 0 Å². The maximum atomic E-state index is 9.47. The summed E-state index contributed by atoms with van der Waals surface area (Å²) < 4.78 is 0. The van der Waals surface area contributed by atoms with E-state index in [2.05, 4.69) is 38.1 Å². The molecule has 1 heteroatoms. The minimum absolute atomic E-state index is 0.208. The molecule has 17 heavy (non-hydrogen) atoms. The van der Waals surface area contributed by atoms with Crippen LogP contribution in [-0.2, 0) is 12.8 Å². The van der Waals surface area contributed by atoms with E-state index in [9.17, 15) is 5.11 Å². The standard InChI is InChI=1S/C16H24O/c1-13(2)10-14-4-6-15(7-5-14)11-16(12-17)8-3-9-16/h4-7,13,17H,3,8-12H2,1-2H3. The van der Waals surface area contributed by atoms with Gasteiger partial charge in [0, 0.05) is 6.61 Å². The van der Waals surface area contributed by atoms with E-state index in [-0.39, 0.29) is 5.41 Å². The first kappa shape index (κ1) is 12.6. The second-order valence-electron chi connectivity index (χ2n) is 6.10. The molecule has 0 aliphatic heterocycles. The molecule has 94 valence electrons. The topological polar surface area (TPSA) is 20.2 Å². The van der Waals surface area contributed by atoms with Gasteiger partial charge >= 0.3 is 0 Å². The Balaban J connectivity index is 1.98. The summed E-state index contributed by atoms with van der Waals surface area (Å²) in [5.41, 5.74) is 3.01. The smallest absolute Gasteiger partial charge is 0.0490 e. The predicted octanol–water partition coefficient (Wildman–Crippen LogP) is 3.59. The highest BCUT2D eigenvalue weighted by molar-refractivity contribution is 5.24. The van der Waals surface area contributed by atoms with Crippen LogP contribution >= 0.6 is 0 Å². The minimum Gasteiger partial charge on any atom is -0.396 e. The molecule has 0 amide bonds. The van der Waals surface area contributed by atoms with E-state index >= 15 is 0 Å². The van der Waals surface area contributed by atoms with Crippen LogP contribution in [0.5, 0.6) is 0 Å². The molecule has 1 fully saturated rings. The van der Waals surface area contributed by atoms with E-state index in [0.717, 1.165) is 18.8 Å². The summed E-state index contributed by atoms with van der Waals surface area (Å²) in [6.07, 6.45) is 5.87. The van der Waals surface area contributed by atoms with E-state index in [1.165, 1.54) is 30.4 Å². The van der Waals surface area contributed by atoms with E-state index in [4.69, 9.17) is 0 Å². The zero-order valence-corrected chi connectivity index (χ0v) is 11.1. The van der Waals surface area contributed by atoms with Crippen LogP contribution in [0.4, 0.5) is 0 Å². The van der Waals surface area contributed by atoms with Gasteiger partial charge < -0.3 is 5.11 Å². The lowest BCUT2D eigenvalue weighted by atomic mass is 9.66. The SMILES string of the molecule is CC(C)Cc1ccc(CC2(CO)CCC2)cc1. The molecule has 0 spiro atoms. The Bertz CT molecular complexity index is 341. The molecule has 0 saturated heterocycles. The van der Waals surface area contributed by atoms with E-state index < -0.39 is 0 Å². The maximum Gasteiger partial charge on any atom is 0.0490 e. The summed E-state index contributed by atoms with van der Waals surface area (Å²) in [5.74, 6) is 0.719. The maximum absolute atomic E-state index is 9.47. The van der Waals surface area contributed by atoms with Gasteiger partial charge in [-0.05, 0) is 48.1 Å². The average molecular weight is 232 g/mol. The van der Waals surface area contributed by atoms with Crippen LogP contribution in [0.3, 0.4) is 0 Å². The van der Waals surface area contributed by atoms with Crippen molar-refractivity contribution in [3.05, 3.63) is 35.4 Å². The third-order valence-electron chi connectivity index (χ3n) is 4.00. The highest BCUT2D eigenvalue weighted by atomic mass is 16.3. The Hall–Kier alpha value is -0.820. The van der Waals surface area contributed by atoms with Gasteiger partial charge in [-0.3, -0.25) is 0 Å². The van der Waals surface area contributed by atoms with Gasteiger partial charge in [-0.25, -0.2) is 0 Å². The highest BCUT2D eigenvalue weighted by Gasteiger charge is 2.36. The molecule has 2 rings (SSSR count). The number of aliphatic hydroxyl groups excluding tert-OH is 1. The number of hydrogen-bond acceptors (Lipinski definition) is 1. The molecule has 0 radical (unpaired) electrons. The first-order valence-corrected chi connectivity index (χ1v) is 6.82. The fourth-order valence-corrected chi connectivity index (χ4v) is 2.77. The molecule has 0 atom stereocenters. The lowest BCUT2D eigenvalue weighted by molar-refractivity contribution is 0.0450. The fourth-order valence-electron chi connectivity index (χ4n) is 2.77. The summed E-state index contributed by atoms with van der Waals surface area (Å²) >= 11 is 0. The number of hydrogen-bond donors (Lipinski definition) is 1. The van der Waals surface area contributed by atoms with E-state index in [1.54, 1.807) is 0 Å². The quantitative estimate of drug-likeness (QED) is 0.822. The average Bonchev–Trinajstić information content (AvgIpc) is 2.25. The Morgan fingerprint density at radius 1 is 1.12 bits per heavy atom. The Labute approximate surface area is 105 Å². The molecular weight excluding hydrogens is 208 g/mol. The molecule has 0 unspecified atom stereocenters. The van der Waals surface area contributed by atoms with E-state index in [0.29, 0.717) is 6.61 Å². The molecule has 0 bridgehead atoms. The molecule has 1 aliphatic carbocycles. The van der Waals surface area contributed by atoms with E-state index in [1.807, 2.05) is 0 Å². The van der Waals surface area contributed by atoms with Crippen LogP contribution in [0.25, 0.3) is 0 Å². The van der Waals surface area contributed by atoms with Crippen molar-refractivity contribution in [3.63, 3.8) is 0 Å². The Morgan fingerprint density at radius 2 is 1.71 bits per heavy atom. The van der Waals surface area contributed by atoms with Crippen LogP contribution in [0.2, 0.25) is 0 Å². The summed E-state index contributed by atoms with van der Waals surface area (Å²) in [4.78, 5) is 0. The predicted molar refractivity (Wildman–Crippen MR) is 72.1 cm³/mol. The first-order chi connectivity index (χ1) is 8.13. The van der Waals surface area contributed by atoms with Crippen molar-refractivity contribution in [2.45, 2.75) is 46.0 Å². The monoisotopic (exact) mass is 232 g/mol. The fraction of sp³-hybridized carbons (Fsp3) is 0.625. The normalized spacial score (nSPS) is 18.1. The van der Waals surface area contributed by atoms with Gasteiger partial charge in [-0.2, -0.15) is 0 Å². The molecule has 0 heterocycles. The van der Waals surface area contributed by atoms with Crippen molar-refractivity contribution in [3.8, 4) is 0 Å². The summed E-state index contributed by atoms with van der Waals surface area (Å²) in [6.45, 7) is 4.85. The summed E-state index contributed by atoms with van der Waals surface area (Å²) in [5, 5.41) is 9.47. The van der Waals surface area contributed by atoms with Crippen molar-refractivity contribution < 1.29 is 5.11 Å². The zero-order chi connectivity index (χ0) is 12.3. The van der Waals surface area contributed by atoms with Crippen LogP contribution in [0, 0.1) is 11.3 Å². The van der Waals surface area contributed by atoms with Crippen LogP contribution in [0.1, 0.15) is 44.2 Å². The van der Waals surface area contributed by atoms with Gasteiger partial charge in [0.1, 0.15) is 0 Å². The highest BCUT2D eigenvalue weighted by Crippen LogP contribution is 2.43.